The monoisotopic (exact) mass is 181 g/mol. The molecule has 3 heteroatoms. The second-order valence-corrected chi connectivity index (χ2v) is 2.26. The molecule has 0 spiro atoms. The van der Waals surface area contributed by atoms with E-state index in [2.05, 4.69) is 16.8 Å². The minimum Gasteiger partial charge on any atom is -0.480 e. The second kappa shape index (κ2) is 4.63. The van der Waals surface area contributed by atoms with E-state index in [1.165, 1.54) is 0 Å². The van der Waals surface area contributed by atoms with Crippen LogP contribution in [-0.4, -0.2) is 18.0 Å². The third-order valence-electron chi connectivity index (χ3n) is 1.25. The molecule has 2 nitrogen and oxygen atoms in total. The smallest absolute Gasteiger partial charge is 0.229 e. The minimum atomic E-state index is 0.318. The highest BCUT2D eigenvalue weighted by atomic mass is 35.5. The van der Waals surface area contributed by atoms with Crippen LogP contribution >= 0.6 is 11.6 Å². The normalized spacial score (nSPS) is 8.50. The highest BCUT2D eigenvalue weighted by molar-refractivity contribution is 6.19. The molecule has 0 aliphatic rings. The summed E-state index contributed by atoms with van der Waals surface area (Å²) in [6.07, 6.45) is 1.66. The van der Waals surface area contributed by atoms with Gasteiger partial charge in [-0.05, 0) is 12.1 Å². The summed E-state index contributed by atoms with van der Waals surface area (Å²) in [5.41, 5.74) is 0.764. The van der Waals surface area contributed by atoms with E-state index in [-0.39, 0.29) is 0 Å². The largest absolute Gasteiger partial charge is 0.480 e. The van der Waals surface area contributed by atoms with E-state index in [0.717, 1.165) is 5.56 Å². The van der Waals surface area contributed by atoms with E-state index in [1.54, 1.807) is 19.4 Å². The van der Waals surface area contributed by atoms with Gasteiger partial charge in [-0.25, -0.2) is 4.98 Å². The number of rotatable bonds is 1. The van der Waals surface area contributed by atoms with Gasteiger partial charge in [-0.3, -0.25) is 0 Å². The van der Waals surface area contributed by atoms with Crippen molar-refractivity contribution in [3.05, 3.63) is 23.9 Å². The van der Waals surface area contributed by atoms with Crippen molar-refractivity contribution < 1.29 is 4.74 Å². The Labute approximate surface area is 76.5 Å². The second-order valence-electron chi connectivity index (χ2n) is 2.00. The lowest BCUT2D eigenvalue weighted by atomic mass is 10.3. The fourth-order valence-corrected chi connectivity index (χ4v) is 0.844. The number of methoxy groups -OCH3 is 1. The number of hydrogen-bond donors (Lipinski definition) is 0. The zero-order valence-corrected chi connectivity index (χ0v) is 7.43. The summed E-state index contributed by atoms with van der Waals surface area (Å²) in [6.45, 7) is 0. The van der Waals surface area contributed by atoms with Gasteiger partial charge in [0.25, 0.3) is 0 Å². The Bertz CT molecular complexity index is 314. The SMILES string of the molecule is COc1ncccc1C#CCCl. The van der Waals surface area contributed by atoms with Gasteiger partial charge >= 0.3 is 0 Å². The van der Waals surface area contributed by atoms with E-state index in [1.807, 2.05) is 6.07 Å². The van der Waals surface area contributed by atoms with Crippen molar-refractivity contribution in [1.82, 2.24) is 4.98 Å². The highest BCUT2D eigenvalue weighted by Gasteiger charge is 1.97. The zero-order valence-electron chi connectivity index (χ0n) is 6.67. The highest BCUT2D eigenvalue weighted by Crippen LogP contribution is 2.10. The van der Waals surface area contributed by atoms with Crippen LogP contribution < -0.4 is 4.74 Å². The van der Waals surface area contributed by atoms with Gasteiger partial charge in [-0.15, -0.1) is 11.6 Å². The fraction of sp³-hybridized carbons (Fsp3) is 0.222. The summed E-state index contributed by atoms with van der Waals surface area (Å²) < 4.78 is 4.99. The first-order chi connectivity index (χ1) is 5.88. The van der Waals surface area contributed by atoms with Crippen molar-refractivity contribution in [1.29, 1.82) is 0 Å². The number of aromatic nitrogens is 1. The Morgan fingerprint density at radius 1 is 1.67 bits per heavy atom. The van der Waals surface area contributed by atoms with Crippen molar-refractivity contribution in [3.8, 4) is 17.7 Å². The van der Waals surface area contributed by atoms with Gasteiger partial charge in [0, 0.05) is 6.20 Å². The predicted molar refractivity (Wildman–Crippen MR) is 48.4 cm³/mol. The molecule has 1 aromatic rings. The average molecular weight is 182 g/mol. The van der Waals surface area contributed by atoms with Crippen molar-refractivity contribution in [2.24, 2.45) is 0 Å². The van der Waals surface area contributed by atoms with Gasteiger partial charge in [0.1, 0.15) is 0 Å². The molecule has 1 aromatic heterocycles. The molecule has 0 fully saturated rings. The van der Waals surface area contributed by atoms with Gasteiger partial charge in [0.05, 0.1) is 18.6 Å². The van der Waals surface area contributed by atoms with Crippen molar-refractivity contribution in [2.45, 2.75) is 0 Å². The molecule has 0 aliphatic heterocycles. The Kier molecular flexibility index (Phi) is 3.43. The standard InChI is InChI=1S/C9H8ClNO/c1-12-9-8(4-2-6-10)5-3-7-11-9/h3,5,7H,6H2,1H3. The molecular weight excluding hydrogens is 174 g/mol. The molecule has 0 radical (unpaired) electrons. The molecule has 0 saturated carbocycles. The molecule has 0 unspecified atom stereocenters. The fourth-order valence-electron chi connectivity index (χ4n) is 0.777. The molecule has 0 aliphatic carbocycles. The number of nitrogens with zero attached hydrogens (tertiary/aromatic N) is 1. The summed E-state index contributed by atoms with van der Waals surface area (Å²) in [5.74, 6) is 6.43. The van der Waals surface area contributed by atoms with E-state index in [9.17, 15) is 0 Å². The Balaban J connectivity index is 2.97. The maximum absolute atomic E-state index is 5.41. The van der Waals surface area contributed by atoms with Gasteiger partial charge in [0.15, 0.2) is 0 Å². The maximum Gasteiger partial charge on any atom is 0.229 e. The van der Waals surface area contributed by atoms with Crippen LogP contribution in [-0.2, 0) is 0 Å². The molecule has 0 N–H and O–H groups in total. The summed E-state index contributed by atoms with van der Waals surface area (Å²) in [4.78, 5) is 3.98. The van der Waals surface area contributed by atoms with E-state index in [0.29, 0.717) is 11.8 Å². The van der Waals surface area contributed by atoms with Crippen molar-refractivity contribution >= 4 is 11.6 Å². The lowest BCUT2D eigenvalue weighted by Crippen LogP contribution is -1.90. The van der Waals surface area contributed by atoms with Gasteiger partial charge in [-0.1, -0.05) is 11.8 Å². The van der Waals surface area contributed by atoms with Crippen LogP contribution in [0, 0.1) is 11.8 Å². The van der Waals surface area contributed by atoms with Crippen LogP contribution in [0.2, 0.25) is 0 Å². The Hall–Kier alpha value is -1.20. The Morgan fingerprint density at radius 2 is 2.50 bits per heavy atom. The first-order valence-corrected chi connectivity index (χ1v) is 3.95. The van der Waals surface area contributed by atoms with Crippen molar-refractivity contribution in [2.75, 3.05) is 13.0 Å². The molecule has 62 valence electrons. The molecule has 0 atom stereocenters. The van der Waals surface area contributed by atoms with E-state index in [4.69, 9.17) is 16.3 Å². The summed E-state index contributed by atoms with van der Waals surface area (Å²) in [5, 5.41) is 0. The molecular formula is C9H8ClNO. The average Bonchev–Trinajstić information content (AvgIpc) is 2.15. The van der Waals surface area contributed by atoms with Crippen molar-refractivity contribution in [3.63, 3.8) is 0 Å². The van der Waals surface area contributed by atoms with Gasteiger partial charge in [-0.2, -0.15) is 0 Å². The van der Waals surface area contributed by atoms with Crippen LogP contribution in [0.5, 0.6) is 5.88 Å². The molecule has 1 rings (SSSR count). The Morgan fingerprint density at radius 3 is 3.17 bits per heavy atom. The first-order valence-electron chi connectivity index (χ1n) is 3.42. The lowest BCUT2D eigenvalue weighted by Gasteiger charge is -1.98. The van der Waals surface area contributed by atoms with Crippen LogP contribution in [0.1, 0.15) is 5.56 Å². The van der Waals surface area contributed by atoms with E-state index < -0.39 is 0 Å². The third-order valence-corrected chi connectivity index (χ3v) is 1.39. The molecule has 12 heavy (non-hydrogen) atoms. The summed E-state index contributed by atoms with van der Waals surface area (Å²) in [6, 6.07) is 3.64. The van der Waals surface area contributed by atoms with E-state index >= 15 is 0 Å². The maximum atomic E-state index is 5.41. The number of ether oxygens (including phenoxy) is 1. The van der Waals surface area contributed by atoms with Crippen LogP contribution in [0.25, 0.3) is 0 Å². The zero-order chi connectivity index (χ0) is 8.81. The van der Waals surface area contributed by atoms with Crippen LogP contribution in [0.15, 0.2) is 18.3 Å². The van der Waals surface area contributed by atoms with Crippen LogP contribution in [0.3, 0.4) is 0 Å². The third kappa shape index (κ3) is 2.14. The first kappa shape index (κ1) is 8.89. The molecule has 0 saturated heterocycles. The number of alkyl halides is 1. The van der Waals surface area contributed by atoms with Gasteiger partial charge < -0.3 is 4.74 Å². The van der Waals surface area contributed by atoms with Gasteiger partial charge in [0.2, 0.25) is 5.88 Å². The quantitative estimate of drug-likeness (QED) is 0.486. The number of hydrogen-bond acceptors (Lipinski definition) is 2. The number of halogens is 1. The lowest BCUT2D eigenvalue weighted by molar-refractivity contribution is 0.396. The molecule has 0 amide bonds. The summed E-state index contributed by atoms with van der Waals surface area (Å²) in [7, 11) is 1.56. The summed E-state index contributed by atoms with van der Waals surface area (Å²) >= 11 is 5.41. The molecule has 0 aromatic carbocycles. The molecule has 1 heterocycles. The molecule has 0 bridgehead atoms. The topological polar surface area (TPSA) is 22.1 Å². The minimum absolute atomic E-state index is 0.318. The van der Waals surface area contributed by atoms with Crippen LogP contribution in [0.4, 0.5) is 0 Å². The predicted octanol–water partition coefficient (Wildman–Crippen LogP) is 1.68. The number of pyridine rings is 1.